The minimum Gasteiger partial charge on any atom is -0.494 e. The van der Waals surface area contributed by atoms with Gasteiger partial charge in [-0.3, -0.25) is 4.79 Å². The number of aromatic amines is 1. The van der Waals surface area contributed by atoms with E-state index in [1.165, 1.54) is 13.2 Å². The summed E-state index contributed by atoms with van der Waals surface area (Å²) < 4.78 is 50.1. The molecule has 41 heavy (non-hydrogen) atoms. The smallest absolute Gasteiger partial charge is 0.424 e. The maximum Gasteiger partial charge on any atom is 0.424 e. The number of pyridine rings is 1. The van der Waals surface area contributed by atoms with Crippen LogP contribution in [-0.2, 0) is 15.8 Å². The van der Waals surface area contributed by atoms with Gasteiger partial charge in [0.05, 0.1) is 24.8 Å². The lowest BCUT2D eigenvalue weighted by Gasteiger charge is -2.34. The van der Waals surface area contributed by atoms with Crippen molar-refractivity contribution in [3.05, 3.63) is 83.8 Å². The van der Waals surface area contributed by atoms with Crippen LogP contribution in [0.3, 0.4) is 0 Å². The van der Waals surface area contributed by atoms with Crippen LogP contribution < -0.4 is 10.1 Å². The van der Waals surface area contributed by atoms with Crippen LogP contribution in [0.2, 0.25) is 0 Å². The van der Waals surface area contributed by atoms with Gasteiger partial charge in [-0.05, 0) is 32.8 Å². The first-order valence-corrected chi connectivity index (χ1v) is 13.9. The first-order valence-electron chi connectivity index (χ1n) is 13.9. The van der Waals surface area contributed by atoms with Gasteiger partial charge < -0.3 is 20.1 Å². The minimum absolute atomic E-state index is 0.119. The van der Waals surface area contributed by atoms with Crippen LogP contribution in [0.25, 0.3) is 5.57 Å². The number of aromatic nitrogens is 3. The number of ether oxygens (including phenoxy) is 1. The third-order valence-corrected chi connectivity index (χ3v) is 7.85. The van der Waals surface area contributed by atoms with E-state index in [2.05, 4.69) is 20.3 Å². The van der Waals surface area contributed by atoms with Crippen molar-refractivity contribution in [3.63, 3.8) is 0 Å². The molecule has 10 heteroatoms. The van der Waals surface area contributed by atoms with Crippen molar-refractivity contribution in [3.8, 4) is 5.75 Å². The summed E-state index contributed by atoms with van der Waals surface area (Å²) in [6, 6.07) is 1.21. The molecule has 1 saturated carbocycles. The van der Waals surface area contributed by atoms with Crippen molar-refractivity contribution >= 4 is 11.5 Å². The lowest BCUT2D eigenvalue weighted by molar-refractivity contribution is -0.265. The predicted molar refractivity (Wildman–Crippen MR) is 151 cm³/mol. The number of allylic oxidation sites excluding steroid dienone is 8. The lowest BCUT2D eigenvalue weighted by Crippen LogP contribution is -2.52. The summed E-state index contributed by atoms with van der Waals surface area (Å²) in [5.74, 6) is -0.132. The first-order chi connectivity index (χ1) is 19.5. The van der Waals surface area contributed by atoms with E-state index in [9.17, 15) is 23.1 Å². The molecule has 0 aliphatic heterocycles. The van der Waals surface area contributed by atoms with Gasteiger partial charge in [-0.15, -0.1) is 0 Å². The summed E-state index contributed by atoms with van der Waals surface area (Å²) in [4.78, 5) is 24.7. The normalized spacial score (nSPS) is 21.8. The number of halogens is 3. The summed E-state index contributed by atoms with van der Waals surface area (Å²) in [6.07, 6.45) is 15.2. The summed E-state index contributed by atoms with van der Waals surface area (Å²) in [6.45, 7) is 2.52. The summed E-state index contributed by atoms with van der Waals surface area (Å²) in [5, 5.41) is 13.8. The van der Waals surface area contributed by atoms with Gasteiger partial charge in [0.1, 0.15) is 17.3 Å². The lowest BCUT2D eigenvalue weighted by atomic mass is 9.80. The van der Waals surface area contributed by atoms with E-state index in [-0.39, 0.29) is 17.4 Å². The molecule has 1 unspecified atom stereocenters. The Morgan fingerprint density at radius 1 is 1.10 bits per heavy atom. The van der Waals surface area contributed by atoms with E-state index in [1.54, 1.807) is 62.7 Å². The Hall–Kier alpha value is -3.66. The number of nitrogens with zero attached hydrogens (tertiary/aromatic N) is 2. The highest BCUT2D eigenvalue weighted by Gasteiger charge is 2.57. The van der Waals surface area contributed by atoms with Crippen molar-refractivity contribution in [1.29, 1.82) is 0 Å². The molecule has 0 aromatic carbocycles. The first kappa shape index (κ1) is 30.3. The predicted octanol–water partition coefficient (Wildman–Crippen LogP) is 6.04. The number of nitrogens with one attached hydrogen (secondary N) is 2. The highest BCUT2D eigenvalue weighted by Crippen LogP contribution is 2.45. The van der Waals surface area contributed by atoms with Crippen molar-refractivity contribution in [2.24, 2.45) is 5.92 Å². The van der Waals surface area contributed by atoms with Crippen LogP contribution in [0, 0.1) is 5.92 Å². The van der Waals surface area contributed by atoms with E-state index in [0.29, 0.717) is 29.8 Å². The summed E-state index contributed by atoms with van der Waals surface area (Å²) in [7, 11) is 1.42. The molecule has 2 aromatic heterocycles. The zero-order valence-electron chi connectivity index (χ0n) is 23.6. The molecule has 1 atom stereocenters. The van der Waals surface area contributed by atoms with Gasteiger partial charge in [0, 0.05) is 29.4 Å². The molecular formula is C31H37F3N4O3. The van der Waals surface area contributed by atoms with E-state index < -0.39 is 35.3 Å². The standard InChI is InChI=1S/C31H37F3N4O3/c1-29(2,28-35-17-18-36-28)23-19-24(38-25(26(23)41-3)21-13-9-5-4-6-10-14-21)30(40,31(32,33)34)20-37-27(39)22-15-11-7-8-12-16-22/h4-6,9-10,13-14,17-19,22,40H,7-8,11-12,15-16,20H2,1-3H3,(H,35,36)(H,37,39)/b5-4-,6-4?,9-5?,10-6-,13-9-,14-10?,21-13?,21-14+. The fourth-order valence-electron chi connectivity index (χ4n) is 5.31. The summed E-state index contributed by atoms with van der Waals surface area (Å²) >= 11 is 0. The van der Waals surface area contributed by atoms with Gasteiger partial charge in [0.25, 0.3) is 0 Å². The van der Waals surface area contributed by atoms with Crippen LogP contribution in [0.4, 0.5) is 13.2 Å². The Labute approximate surface area is 238 Å². The minimum atomic E-state index is -5.15. The van der Waals surface area contributed by atoms with Crippen LogP contribution in [-0.4, -0.2) is 45.8 Å². The number of methoxy groups -OCH3 is 1. The molecule has 2 aliphatic rings. The van der Waals surface area contributed by atoms with E-state index >= 15 is 0 Å². The molecule has 1 fully saturated rings. The van der Waals surface area contributed by atoms with Crippen molar-refractivity contribution in [2.45, 2.75) is 69.6 Å². The maximum absolute atomic E-state index is 14.8. The zero-order valence-corrected chi connectivity index (χ0v) is 23.6. The number of alkyl halides is 3. The van der Waals surface area contributed by atoms with Crippen molar-refractivity contribution in [2.75, 3.05) is 13.7 Å². The van der Waals surface area contributed by atoms with Crippen LogP contribution in [0.5, 0.6) is 5.75 Å². The molecule has 2 heterocycles. The molecule has 0 spiro atoms. The van der Waals surface area contributed by atoms with E-state index in [4.69, 9.17) is 4.74 Å². The highest BCUT2D eigenvalue weighted by molar-refractivity contribution is 5.79. The van der Waals surface area contributed by atoms with Crippen LogP contribution in [0.15, 0.2) is 61.0 Å². The van der Waals surface area contributed by atoms with Gasteiger partial charge in [-0.25, -0.2) is 9.97 Å². The molecule has 220 valence electrons. The van der Waals surface area contributed by atoms with Gasteiger partial charge in [0.2, 0.25) is 11.5 Å². The number of amides is 1. The highest BCUT2D eigenvalue weighted by atomic mass is 19.4. The molecule has 2 aliphatic carbocycles. The molecule has 0 saturated heterocycles. The number of carbonyl (C=O) groups excluding carboxylic acids is 1. The molecule has 4 rings (SSSR count). The second-order valence-corrected chi connectivity index (χ2v) is 11.0. The molecule has 2 aromatic rings. The SMILES string of the molecule is COc1c(C(C)(C)c2ncc[nH]2)cc(C(O)(CNC(=O)C2CCCCCC2)C(F)(F)F)nc1C1=C/C=C\C=C/C=C\1. The fraction of sp³-hybridized carbons (Fsp3) is 0.452. The Morgan fingerprint density at radius 3 is 2.41 bits per heavy atom. The largest absolute Gasteiger partial charge is 0.494 e. The maximum atomic E-state index is 14.8. The molecule has 0 bridgehead atoms. The molecule has 7 nitrogen and oxygen atoms in total. The fourth-order valence-corrected chi connectivity index (χ4v) is 5.31. The Balaban J connectivity index is 1.87. The molecular weight excluding hydrogens is 533 g/mol. The second kappa shape index (κ2) is 12.5. The topological polar surface area (TPSA) is 100 Å². The second-order valence-electron chi connectivity index (χ2n) is 11.0. The number of carbonyl (C=O) groups is 1. The molecule has 3 N–H and O–H groups in total. The van der Waals surface area contributed by atoms with Crippen molar-refractivity contribution in [1.82, 2.24) is 20.3 Å². The number of hydrogen-bond donors (Lipinski definition) is 3. The number of imidazole rings is 1. The quantitative estimate of drug-likeness (QED) is 0.336. The number of H-pyrrole nitrogens is 1. The average Bonchev–Trinajstić information content (AvgIpc) is 3.34. The van der Waals surface area contributed by atoms with Gasteiger partial charge in [0.15, 0.2) is 0 Å². The van der Waals surface area contributed by atoms with E-state index in [0.717, 1.165) is 25.7 Å². The monoisotopic (exact) mass is 570 g/mol. The Bertz CT molecular complexity index is 1340. The third-order valence-electron chi connectivity index (χ3n) is 7.85. The number of aliphatic hydroxyl groups is 1. The average molecular weight is 571 g/mol. The number of hydrogen-bond acceptors (Lipinski definition) is 5. The molecule has 1 amide bonds. The molecule has 0 radical (unpaired) electrons. The van der Waals surface area contributed by atoms with Crippen molar-refractivity contribution < 1.29 is 27.8 Å². The Kier molecular flexibility index (Phi) is 9.21. The van der Waals surface area contributed by atoms with Crippen LogP contribution in [0.1, 0.15) is 75.1 Å². The van der Waals surface area contributed by atoms with Gasteiger partial charge in [-0.1, -0.05) is 68.2 Å². The Morgan fingerprint density at radius 2 is 1.78 bits per heavy atom. The van der Waals surface area contributed by atoms with E-state index in [1.807, 2.05) is 6.08 Å². The zero-order chi connectivity index (χ0) is 29.7. The summed E-state index contributed by atoms with van der Waals surface area (Å²) in [5.41, 5.74) is -4.15. The number of rotatable bonds is 8. The van der Waals surface area contributed by atoms with Crippen LogP contribution >= 0.6 is 0 Å². The van der Waals surface area contributed by atoms with Gasteiger partial charge >= 0.3 is 6.18 Å². The third kappa shape index (κ3) is 6.48. The van der Waals surface area contributed by atoms with Gasteiger partial charge in [-0.2, -0.15) is 13.2 Å².